The Kier molecular flexibility index (Phi) is 7.39. The largest absolute Gasteiger partial charge is 0.497 e. The molecule has 1 atom stereocenters. The number of imidazole rings is 1. The van der Waals surface area contributed by atoms with E-state index in [1.165, 1.54) is 6.08 Å². The van der Waals surface area contributed by atoms with E-state index in [0.29, 0.717) is 18.1 Å². The molecule has 34 heavy (non-hydrogen) atoms. The van der Waals surface area contributed by atoms with Crippen LogP contribution in [0, 0.1) is 6.92 Å². The lowest BCUT2D eigenvalue weighted by Crippen LogP contribution is -2.29. The van der Waals surface area contributed by atoms with Gasteiger partial charge in [-0.1, -0.05) is 30.3 Å². The zero-order valence-corrected chi connectivity index (χ0v) is 20.1. The molecule has 0 saturated carbocycles. The van der Waals surface area contributed by atoms with Crippen LogP contribution in [-0.2, 0) is 18.4 Å². The third-order valence-electron chi connectivity index (χ3n) is 5.21. The maximum Gasteiger partial charge on any atom is 0.244 e. The summed E-state index contributed by atoms with van der Waals surface area (Å²) in [6, 6.07) is 14.7. The van der Waals surface area contributed by atoms with Gasteiger partial charge in [-0.15, -0.1) is 11.3 Å². The van der Waals surface area contributed by atoms with Gasteiger partial charge >= 0.3 is 0 Å². The Balaban J connectivity index is 1.51. The summed E-state index contributed by atoms with van der Waals surface area (Å²) in [7, 11) is 3.51. The van der Waals surface area contributed by atoms with Crippen LogP contribution >= 0.6 is 11.3 Å². The van der Waals surface area contributed by atoms with E-state index in [2.05, 4.69) is 15.3 Å². The van der Waals surface area contributed by atoms with E-state index in [9.17, 15) is 4.79 Å². The zero-order chi connectivity index (χ0) is 23.9. The highest BCUT2D eigenvalue weighted by Crippen LogP contribution is 2.25. The van der Waals surface area contributed by atoms with Crippen LogP contribution in [0.25, 0.3) is 6.08 Å². The van der Waals surface area contributed by atoms with Gasteiger partial charge in [-0.25, -0.2) is 9.97 Å². The smallest absolute Gasteiger partial charge is 0.244 e. The molecule has 0 radical (unpaired) electrons. The minimum absolute atomic E-state index is 0.249. The number of hydrogen-bond acceptors (Lipinski definition) is 6. The molecule has 0 aliphatic rings. The number of aromatic nitrogens is 3. The summed E-state index contributed by atoms with van der Waals surface area (Å²) >= 11 is 1.59. The van der Waals surface area contributed by atoms with E-state index in [4.69, 9.17) is 9.47 Å². The molecule has 1 unspecified atom stereocenters. The first kappa shape index (κ1) is 23.3. The average Bonchev–Trinajstić information content (AvgIpc) is 3.48. The van der Waals surface area contributed by atoms with E-state index >= 15 is 0 Å². The average molecular weight is 475 g/mol. The topological polar surface area (TPSA) is 78.3 Å². The summed E-state index contributed by atoms with van der Waals surface area (Å²) in [5, 5.41) is 6.05. The summed E-state index contributed by atoms with van der Waals surface area (Å²) in [4.78, 5) is 21.8. The van der Waals surface area contributed by atoms with Crippen molar-refractivity contribution in [2.24, 2.45) is 7.05 Å². The van der Waals surface area contributed by atoms with Crippen LogP contribution in [0.2, 0.25) is 0 Å². The van der Waals surface area contributed by atoms with Gasteiger partial charge < -0.3 is 19.4 Å². The van der Waals surface area contributed by atoms with E-state index in [-0.39, 0.29) is 5.91 Å². The molecule has 0 aliphatic heterocycles. The highest BCUT2D eigenvalue weighted by Gasteiger charge is 2.20. The molecule has 2 aromatic heterocycles. The molecule has 8 heteroatoms. The van der Waals surface area contributed by atoms with E-state index < -0.39 is 6.04 Å². The molecule has 1 amide bonds. The Morgan fingerprint density at radius 3 is 2.82 bits per heavy atom. The van der Waals surface area contributed by atoms with Gasteiger partial charge in [0, 0.05) is 36.5 Å². The molecule has 1 N–H and O–H groups in total. The number of thiazole rings is 1. The van der Waals surface area contributed by atoms with E-state index in [0.717, 1.165) is 27.7 Å². The first-order valence-electron chi connectivity index (χ1n) is 10.8. The van der Waals surface area contributed by atoms with Crippen molar-refractivity contribution in [1.29, 1.82) is 0 Å². The molecular weight excluding hydrogens is 448 g/mol. The lowest BCUT2D eigenvalue weighted by Gasteiger charge is -2.19. The number of rotatable bonds is 9. The fraction of sp³-hybridized carbons (Fsp3) is 0.192. The molecule has 4 aromatic rings. The Labute approximate surface area is 202 Å². The third-order valence-corrected chi connectivity index (χ3v) is 6.03. The van der Waals surface area contributed by atoms with Gasteiger partial charge in [0.1, 0.15) is 30.0 Å². The van der Waals surface area contributed by atoms with Crippen molar-refractivity contribution in [1.82, 2.24) is 19.9 Å². The first-order chi connectivity index (χ1) is 16.5. The number of hydrogen-bond donors (Lipinski definition) is 1. The van der Waals surface area contributed by atoms with Crippen LogP contribution in [0.5, 0.6) is 11.5 Å². The maximum absolute atomic E-state index is 12.9. The number of methoxy groups -OCH3 is 1. The van der Waals surface area contributed by atoms with Crippen LogP contribution in [0.4, 0.5) is 0 Å². The molecule has 0 saturated heterocycles. The maximum atomic E-state index is 12.9. The van der Waals surface area contributed by atoms with Gasteiger partial charge in [0.2, 0.25) is 5.91 Å². The molecule has 7 nitrogen and oxygen atoms in total. The Morgan fingerprint density at radius 2 is 2.09 bits per heavy atom. The van der Waals surface area contributed by atoms with E-state index in [1.807, 2.05) is 78.6 Å². The summed E-state index contributed by atoms with van der Waals surface area (Å²) in [5.41, 5.74) is 2.56. The number of amides is 1. The molecule has 4 rings (SSSR count). The second-order valence-electron chi connectivity index (χ2n) is 7.63. The van der Waals surface area contributed by atoms with Crippen molar-refractivity contribution in [2.45, 2.75) is 19.6 Å². The van der Waals surface area contributed by atoms with Gasteiger partial charge in [-0.05, 0) is 36.8 Å². The lowest BCUT2D eigenvalue weighted by atomic mass is 10.1. The van der Waals surface area contributed by atoms with Crippen molar-refractivity contribution in [3.8, 4) is 11.5 Å². The van der Waals surface area contributed by atoms with Gasteiger partial charge in [-0.3, -0.25) is 4.79 Å². The molecule has 174 valence electrons. The van der Waals surface area contributed by atoms with Crippen LogP contribution in [0.3, 0.4) is 0 Å². The van der Waals surface area contributed by atoms with Crippen LogP contribution in [-0.4, -0.2) is 27.6 Å². The van der Waals surface area contributed by atoms with Gasteiger partial charge in [-0.2, -0.15) is 0 Å². The van der Waals surface area contributed by atoms with Crippen LogP contribution < -0.4 is 14.8 Å². The number of carbonyl (C=O) groups excluding carboxylic acids is 1. The van der Waals surface area contributed by atoms with Gasteiger partial charge in [0.15, 0.2) is 0 Å². The quantitative estimate of drug-likeness (QED) is 0.356. The fourth-order valence-electron chi connectivity index (χ4n) is 3.51. The number of nitrogens with one attached hydrogen (secondary N) is 1. The Morgan fingerprint density at radius 1 is 1.24 bits per heavy atom. The standard InChI is InChI=1S/C26H26N4O3S/c1-18-28-21(17-34-18)16-33-23-10-5-4-7-19(23)11-12-24(31)29-25(26-27-13-14-30(26)2)20-8-6-9-22(15-20)32-3/h4-15,17,25H,16H2,1-3H3,(H,29,31)/b12-11+. The lowest BCUT2D eigenvalue weighted by molar-refractivity contribution is -0.117. The molecule has 0 bridgehead atoms. The monoisotopic (exact) mass is 474 g/mol. The molecule has 0 spiro atoms. The number of para-hydroxylation sites is 1. The fourth-order valence-corrected chi connectivity index (χ4v) is 4.10. The highest BCUT2D eigenvalue weighted by molar-refractivity contribution is 7.09. The third kappa shape index (κ3) is 5.71. The molecule has 2 heterocycles. The number of aryl methyl sites for hydroxylation is 2. The second kappa shape index (κ2) is 10.8. The number of nitrogens with zero attached hydrogens (tertiary/aromatic N) is 3. The van der Waals surface area contributed by atoms with Crippen molar-refractivity contribution in [3.05, 3.63) is 100 Å². The summed E-state index contributed by atoms with van der Waals surface area (Å²) in [6.07, 6.45) is 6.81. The molecule has 0 fully saturated rings. The molecule has 2 aromatic carbocycles. The minimum atomic E-state index is -0.438. The predicted molar refractivity (Wildman–Crippen MR) is 133 cm³/mol. The predicted octanol–water partition coefficient (Wildman–Crippen LogP) is 4.69. The normalized spacial score (nSPS) is 12.0. The summed E-state index contributed by atoms with van der Waals surface area (Å²) in [6.45, 7) is 2.34. The molecular formula is C26H26N4O3S. The highest BCUT2D eigenvalue weighted by atomic mass is 32.1. The Hall–Kier alpha value is -3.91. The summed E-state index contributed by atoms with van der Waals surface area (Å²) < 4.78 is 13.2. The molecule has 0 aliphatic carbocycles. The van der Waals surface area contributed by atoms with Gasteiger partial charge in [0.05, 0.1) is 17.8 Å². The van der Waals surface area contributed by atoms with Crippen LogP contribution in [0.15, 0.2) is 72.4 Å². The van der Waals surface area contributed by atoms with Crippen molar-refractivity contribution in [2.75, 3.05) is 7.11 Å². The van der Waals surface area contributed by atoms with E-state index in [1.54, 1.807) is 30.7 Å². The Bertz CT molecular complexity index is 1290. The first-order valence-corrected chi connectivity index (χ1v) is 11.6. The number of ether oxygens (including phenoxy) is 2. The zero-order valence-electron chi connectivity index (χ0n) is 19.3. The number of benzene rings is 2. The summed E-state index contributed by atoms with van der Waals surface area (Å²) in [5.74, 6) is 1.87. The second-order valence-corrected chi connectivity index (χ2v) is 8.69. The van der Waals surface area contributed by atoms with Crippen molar-refractivity contribution in [3.63, 3.8) is 0 Å². The van der Waals surface area contributed by atoms with Crippen LogP contribution in [0.1, 0.15) is 33.7 Å². The van der Waals surface area contributed by atoms with Crippen molar-refractivity contribution >= 4 is 23.3 Å². The SMILES string of the molecule is COc1cccc(C(NC(=O)/C=C/c2ccccc2OCc2csc(C)n2)c2nccn2C)c1. The van der Waals surface area contributed by atoms with Crippen molar-refractivity contribution < 1.29 is 14.3 Å². The minimum Gasteiger partial charge on any atom is -0.497 e. The van der Waals surface area contributed by atoms with Gasteiger partial charge in [0.25, 0.3) is 0 Å². The number of carbonyl (C=O) groups is 1.